The highest BCUT2D eigenvalue weighted by Crippen LogP contribution is 2.26. The molecule has 1 unspecified atom stereocenters. The average Bonchev–Trinajstić information content (AvgIpc) is 2.57. The van der Waals surface area contributed by atoms with Crippen LogP contribution in [0.4, 0.5) is 16.2 Å². The summed E-state index contributed by atoms with van der Waals surface area (Å²) in [4.78, 5) is 29.3. The summed E-state index contributed by atoms with van der Waals surface area (Å²) in [7, 11) is 0. The first-order valence-electron chi connectivity index (χ1n) is 8.11. The van der Waals surface area contributed by atoms with Gasteiger partial charge < -0.3 is 15.8 Å². The molecule has 0 radical (unpaired) electrons. The first kappa shape index (κ1) is 20.5. The number of rotatable bonds is 4. The smallest absolute Gasteiger partial charge is 0.425 e. The molecular weight excluding hydrogens is 370 g/mol. The van der Waals surface area contributed by atoms with Crippen molar-refractivity contribution in [2.45, 2.75) is 32.4 Å². The van der Waals surface area contributed by atoms with E-state index in [0.717, 1.165) is 5.01 Å². The number of amides is 2. The third-order valence-corrected chi connectivity index (χ3v) is 3.64. The fourth-order valence-electron chi connectivity index (χ4n) is 2.24. The van der Waals surface area contributed by atoms with E-state index in [2.05, 4.69) is 10.3 Å². The number of anilines is 2. The second-order valence-electron chi connectivity index (χ2n) is 6.80. The lowest BCUT2D eigenvalue weighted by atomic mass is 10.1. The van der Waals surface area contributed by atoms with Crippen LogP contribution in [0.15, 0.2) is 42.7 Å². The highest BCUT2D eigenvalue weighted by atomic mass is 35.5. The van der Waals surface area contributed by atoms with Crippen molar-refractivity contribution in [3.63, 3.8) is 0 Å². The highest BCUT2D eigenvalue weighted by Gasteiger charge is 2.33. The molecule has 0 aliphatic rings. The Bertz CT molecular complexity index is 823. The quantitative estimate of drug-likeness (QED) is 0.318. The molecule has 9 heteroatoms. The zero-order valence-electron chi connectivity index (χ0n) is 15.3. The van der Waals surface area contributed by atoms with Gasteiger partial charge in [0.15, 0.2) is 6.04 Å². The number of nitrogen functional groups attached to an aromatic ring is 1. The maximum atomic E-state index is 12.9. The number of carbonyl (C=O) groups is 2. The van der Waals surface area contributed by atoms with Gasteiger partial charge in [0.25, 0.3) is 5.91 Å². The van der Waals surface area contributed by atoms with Crippen LogP contribution in [0.1, 0.15) is 32.4 Å². The third kappa shape index (κ3) is 5.57. The molecule has 1 aromatic heterocycles. The molecule has 0 saturated carbocycles. The first-order chi connectivity index (χ1) is 12.6. The largest absolute Gasteiger partial charge is 0.443 e. The van der Waals surface area contributed by atoms with Gasteiger partial charge in [0.05, 0.1) is 11.4 Å². The van der Waals surface area contributed by atoms with Gasteiger partial charge in [0.2, 0.25) is 0 Å². The van der Waals surface area contributed by atoms with Crippen LogP contribution in [-0.4, -0.2) is 27.6 Å². The van der Waals surface area contributed by atoms with Gasteiger partial charge in [-0.2, -0.15) is 0 Å². The van der Waals surface area contributed by atoms with Crippen LogP contribution in [0.5, 0.6) is 0 Å². The Balaban J connectivity index is 2.32. The van der Waals surface area contributed by atoms with Crippen LogP contribution in [0.2, 0.25) is 5.02 Å². The third-order valence-electron chi connectivity index (χ3n) is 3.40. The zero-order valence-corrected chi connectivity index (χ0v) is 16.0. The number of benzene rings is 1. The molecule has 5 N–H and O–H groups in total. The van der Waals surface area contributed by atoms with E-state index in [0.29, 0.717) is 16.3 Å². The molecule has 27 heavy (non-hydrogen) atoms. The molecule has 2 amide bonds. The Labute approximate surface area is 162 Å². The molecule has 8 nitrogen and oxygen atoms in total. The van der Waals surface area contributed by atoms with Gasteiger partial charge in [-0.3, -0.25) is 9.78 Å². The monoisotopic (exact) mass is 391 g/mol. The molecule has 144 valence electrons. The summed E-state index contributed by atoms with van der Waals surface area (Å²) in [6.45, 7) is 5.10. The summed E-state index contributed by atoms with van der Waals surface area (Å²) >= 11 is 5.88. The van der Waals surface area contributed by atoms with Gasteiger partial charge in [0.1, 0.15) is 5.60 Å². The predicted octanol–water partition coefficient (Wildman–Crippen LogP) is 3.11. The minimum absolute atomic E-state index is 0.279. The van der Waals surface area contributed by atoms with Crippen molar-refractivity contribution >= 4 is 35.0 Å². The van der Waals surface area contributed by atoms with Crippen molar-refractivity contribution in [1.29, 1.82) is 0 Å². The highest BCUT2D eigenvalue weighted by molar-refractivity contribution is 6.31. The number of nitrogens with zero attached hydrogens (tertiary/aromatic N) is 2. The van der Waals surface area contributed by atoms with Gasteiger partial charge in [-0.15, -0.1) is 0 Å². The molecule has 2 rings (SSSR count). The van der Waals surface area contributed by atoms with Gasteiger partial charge in [-0.1, -0.05) is 17.7 Å². The maximum absolute atomic E-state index is 12.9. The van der Waals surface area contributed by atoms with E-state index in [1.54, 1.807) is 51.2 Å². The normalized spacial score (nSPS) is 12.2. The van der Waals surface area contributed by atoms with E-state index in [-0.39, 0.29) is 5.69 Å². The van der Waals surface area contributed by atoms with E-state index in [9.17, 15) is 9.59 Å². The number of pyridine rings is 1. The second-order valence-corrected chi connectivity index (χ2v) is 7.23. The number of halogens is 1. The van der Waals surface area contributed by atoms with Crippen LogP contribution in [0, 0.1) is 0 Å². The summed E-state index contributed by atoms with van der Waals surface area (Å²) < 4.78 is 5.26. The molecule has 0 aliphatic carbocycles. The van der Waals surface area contributed by atoms with Crippen LogP contribution in [0.25, 0.3) is 0 Å². The number of hydrogen-bond donors (Lipinski definition) is 3. The van der Waals surface area contributed by atoms with Crippen LogP contribution < -0.4 is 16.9 Å². The number of nitrogens with one attached hydrogen (secondary N) is 1. The minimum atomic E-state index is -1.18. The summed E-state index contributed by atoms with van der Waals surface area (Å²) in [5.41, 5.74) is 6.14. The Hall–Kier alpha value is -2.84. The first-order valence-corrected chi connectivity index (χ1v) is 8.49. The van der Waals surface area contributed by atoms with E-state index < -0.39 is 23.6 Å². The summed E-state index contributed by atoms with van der Waals surface area (Å²) in [6, 6.07) is 6.74. The Morgan fingerprint density at radius 3 is 2.56 bits per heavy atom. The topological polar surface area (TPSA) is 124 Å². The summed E-state index contributed by atoms with van der Waals surface area (Å²) in [5.74, 6) is 5.36. The summed E-state index contributed by atoms with van der Waals surface area (Å²) in [6.07, 6.45) is 2.14. The van der Waals surface area contributed by atoms with Crippen molar-refractivity contribution < 1.29 is 14.3 Å². The molecular formula is C18H22ClN5O3. The second kappa shape index (κ2) is 8.24. The minimum Gasteiger partial charge on any atom is -0.443 e. The molecule has 1 heterocycles. The van der Waals surface area contributed by atoms with E-state index in [1.807, 2.05) is 0 Å². The van der Waals surface area contributed by atoms with Crippen LogP contribution >= 0.6 is 11.6 Å². The molecule has 0 aliphatic heterocycles. The standard InChI is InChI=1S/C18H22ClN5O3/c1-18(2,3)27-17(26)24(21)15(11-5-4-8-22-10-11)16(25)23-14-7-6-12(19)9-13(14)20/h4-10,15H,20-21H2,1-3H3,(H,23,25). The van der Waals surface area contributed by atoms with Gasteiger partial charge >= 0.3 is 6.09 Å². The number of hydrogen-bond acceptors (Lipinski definition) is 6. The van der Waals surface area contributed by atoms with Crippen molar-refractivity contribution in [2.24, 2.45) is 5.84 Å². The molecule has 0 fully saturated rings. The number of aromatic nitrogens is 1. The molecule has 0 saturated heterocycles. The van der Waals surface area contributed by atoms with Gasteiger partial charge in [0, 0.05) is 23.0 Å². The number of ether oxygens (including phenoxy) is 1. The van der Waals surface area contributed by atoms with E-state index in [1.165, 1.54) is 12.3 Å². The van der Waals surface area contributed by atoms with Crippen LogP contribution in [0.3, 0.4) is 0 Å². The number of nitrogens with two attached hydrogens (primary N) is 2. The predicted molar refractivity (Wildman–Crippen MR) is 104 cm³/mol. The fourth-order valence-corrected chi connectivity index (χ4v) is 2.43. The fraction of sp³-hybridized carbons (Fsp3) is 0.278. The molecule has 2 aromatic rings. The van der Waals surface area contributed by atoms with E-state index in [4.69, 9.17) is 27.9 Å². The lowest BCUT2D eigenvalue weighted by Gasteiger charge is -2.29. The Morgan fingerprint density at radius 1 is 1.30 bits per heavy atom. The molecule has 0 bridgehead atoms. The zero-order chi connectivity index (χ0) is 20.2. The van der Waals surface area contributed by atoms with Crippen LogP contribution in [-0.2, 0) is 9.53 Å². The number of hydrazine groups is 1. The maximum Gasteiger partial charge on any atom is 0.425 e. The Morgan fingerprint density at radius 2 is 2.00 bits per heavy atom. The molecule has 0 spiro atoms. The van der Waals surface area contributed by atoms with Crippen molar-refractivity contribution in [3.05, 3.63) is 53.3 Å². The van der Waals surface area contributed by atoms with Crippen molar-refractivity contribution in [1.82, 2.24) is 9.99 Å². The van der Waals surface area contributed by atoms with Crippen molar-refractivity contribution in [2.75, 3.05) is 11.1 Å². The summed E-state index contributed by atoms with van der Waals surface area (Å²) in [5, 5.41) is 3.81. The van der Waals surface area contributed by atoms with E-state index >= 15 is 0 Å². The van der Waals surface area contributed by atoms with Gasteiger partial charge in [-0.05, 0) is 45.0 Å². The Kier molecular flexibility index (Phi) is 6.24. The van der Waals surface area contributed by atoms with Crippen molar-refractivity contribution in [3.8, 4) is 0 Å². The molecule has 1 aromatic carbocycles. The van der Waals surface area contributed by atoms with Gasteiger partial charge in [-0.25, -0.2) is 15.6 Å². The average molecular weight is 392 g/mol. The SMILES string of the molecule is CC(C)(C)OC(=O)N(N)C(C(=O)Nc1ccc(Cl)cc1N)c1cccnc1. The lowest BCUT2D eigenvalue weighted by Crippen LogP contribution is -2.47. The lowest BCUT2D eigenvalue weighted by molar-refractivity contribution is -0.121. The number of carbonyl (C=O) groups excluding carboxylic acids is 2. The molecule has 1 atom stereocenters.